The number of aromatic nitrogens is 2. The van der Waals surface area contributed by atoms with Crippen molar-refractivity contribution in [2.45, 2.75) is 32.4 Å². The van der Waals surface area contributed by atoms with Gasteiger partial charge in [0, 0.05) is 18.7 Å². The summed E-state index contributed by atoms with van der Waals surface area (Å²) in [5, 5.41) is 2.72. The Labute approximate surface area is 172 Å². The Morgan fingerprint density at radius 1 is 1.43 bits per heavy atom. The normalized spacial score (nSPS) is 19.7. The molecule has 2 aromatic rings. The zero-order valence-electron chi connectivity index (χ0n) is 16.5. The molecular weight excluding hydrogens is 396 g/mol. The second-order valence-electron chi connectivity index (χ2n) is 7.60. The highest BCUT2D eigenvalue weighted by atomic mass is 19.3. The van der Waals surface area contributed by atoms with Crippen LogP contribution in [0.25, 0.3) is 11.4 Å². The number of nitrogens with two attached hydrogens (primary N) is 1. The van der Waals surface area contributed by atoms with Crippen LogP contribution in [0.15, 0.2) is 24.4 Å². The lowest BCUT2D eigenvalue weighted by Gasteiger charge is -2.33. The minimum atomic E-state index is -2.69. The topological polar surface area (TPSA) is 102 Å². The van der Waals surface area contributed by atoms with Crippen molar-refractivity contribution < 1.29 is 23.1 Å². The van der Waals surface area contributed by atoms with Crippen LogP contribution in [0, 0.1) is 5.92 Å². The van der Waals surface area contributed by atoms with Crippen molar-refractivity contribution in [2.75, 3.05) is 24.6 Å². The summed E-state index contributed by atoms with van der Waals surface area (Å²) in [5.74, 6) is 0.226. The van der Waals surface area contributed by atoms with Crippen LogP contribution in [0.2, 0.25) is 0 Å². The van der Waals surface area contributed by atoms with E-state index in [0.29, 0.717) is 36.7 Å². The van der Waals surface area contributed by atoms with Gasteiger partial charge in [-0.2, -0.15) is 0 Å². The van der Waals surface area contributed by atoms with Crippen LogP contribution in [0.5, 0.6) is 5.75 Å². The molecule has 2 aliphatic heterocycles. The van der Waals surface area contributed by atoms with Gasteiger partial charge in [-0.3, -0.25) is 14.5 Å². The Hall–Kier alpha value is -3.01. The third-order valence-electron chi connectivity index (χ3n) is 5.44. The molecule has 2 atom stereocenters. The van der Waals surface area contributed by atoms with Gasteiger partial charge in [-0.25, -0.2) is 13.8 Å². The third kappa shape index (κ3) is 3.74. The maximum absolute atomic E-state index is 13.5. The summed E-state index contributed by atoms with van der Waals surface area (Å²) in [4.78, 5) is 29.3. The number of imidazole rings is 1. The predicted molar refractivity (Wildman–Crippen MR) is 105 cm³/mol. The number of piperazine rings is 1. The van der Waals surface area contributed by atoms with Gasteiger partial charge in [0.1, 0.15) is 24.2 Å². The highest BCUT2D eigenvalue weighted by molar-refractivity contribution is 5.95. The molecule has 30 heavy (non-hydrogen) atoms. The van der Waals surface area contributed by atoms with Crippen molar-refractivity contribution in [3.05, 3.63) is 30.0 Å². The first kappa shape index (κ1) is 20.3. The number of fused-ring (bicyclic) bond motifs is 3. The van der Waals surface area contributed by atoms with Crippen LogP contribution >= 0.6 is 0 Å². The number of benzene rings is 1. The van der Waals surface area contributed by atoms with E-state index in [-0.39, 0.29) is 30.7 Å². The first-order chi connectivity index (χ1) is 14.3. The van der Waals surface area contributed by atoms with E-state index in [1.807, 2.05) is 22.8 Å². The van der Waals surface area contributed by atoms with Crippen molar-refractivity contribution in [1.82, 2.24) is 14.9 Å². The Kier molecular flexibility index (Phi) is 5.42. The molecule has 1 saturated heterocycles. The number of ether oxygens (including phenoxy) is 1. The molecule has 4 rings (SSSR count). The van der Waals surface area contributed by atoms with Crippen LogP contribution < -0.4 is 20.7 Å². The van der Waals surface area contributed by atoms with E-state index in [1.54, 1.807) is 13.1 Å². The highest BCUT2D eigenvalue weighted by Crippen LogP contribution is 2.35. The van der Waals surface area contributed by atoms with Crippen LogP contribution in [-0.4, -0.2) is 53.5 Å². The van der Waals surface area contributed by atoms with Crippen LogP contribution in [-0.2, 0) is 22.6 Å². The molecule has 2 aliphatic rings. The Morgan fingerprint density at radius 3 is 2.97 bits per heavy atom. The van der Waals surface area contributed by atoms with E-state index in [0.717, 1.165) is 10.5 Å². The lowest BCUT2D eigenvalue weighted by Crippen LogP contribution is -2.58. The van der Waals surface area contributed by atoms with Gasteiger partial charge in [-0.1, -0.05) is 13.0 Å². The van der Waals surface area contributed by atoms with Gasteiger partial charge < -0.3 is 20.4 Å². The number of nitrogens with one attached hydrogen (secondary N) is 1. The summed E-state index contributed by atoms with van der Waals surface area (Å²) in [5.41, 5.74) is 6.95. The summed E-state index contributed by atoms with van der Waals surface area (Å²) in [6.07, 6.45) is -0.583. The molecule has 1 aromatic heterocycles. The first-order valence-electron chi connectivity index (χ1n) is 9.78. The molecule has 160 valence electrons. The Bertz CT molecular complexity index is 977. The standard InChI is InChI=1S/C20H23F2N5O3/c1-11(19(23)29)6-12-2-3-13-15(7-12)30-5-4-26-10-16(25-20(13)26)27-14(18(21)22)8-24-9-17(27)28/h2-3,7,10-11,14,18,24H,4-6,8-9H2,1H3,(H2,23,29)/t11-,14+/m1/s1. The molecule has 3 N–H and O–H groups in total. The molecule has 0 spiro atoms. The predicted octanol–water partition coefficient (Wildman–Crippen LogP) is 1.18. The summed E-state index contributed by atoms with van der Waals surface area (Å²) in [6, 6.07) is 4.27. The first-order valence-corrected chi connectivity index (χ1v) is 9.78. The summed E-state index contributed by atoms with van der Waals surface area (Å²) < 4.78 is 34.7. The van der Waals surface area contributed by atoms with E-state index in [1.165, 1.54) is 0 Å². The maximum Gasteiger partial charge on any atom is 0.260 e. The maximum atomic E-state index is 13.5. The molecular formula is C20H23F2N5O3. The largest absolute Gasteiger partial charge is 0.491 e. The third-order valence-corrected chi connectivity index (χ3v) is 5.44. The second-order valence-corrected chi connectivity index (χ2v) is 7.60. The molecule has 0 bridgehead atoms. The molecule has 0 unspecified atom stereocenters. The van der Waals surface area contributed by atoms with Crippen LogP contribution in [0.3, 0.4) is 0 Å². The fourth-order valence-electron chi connectivity index (χ4n) is 3.80. The van der Waals surface area contributed by atoms with Crippen molar-refractivity contribution in [1.29, 1.82) is 0 Å². The second kappa shape index (κ2) is 8.02. The van der Waals surface area contributed by atoms with Gasteiger partial charge >= 0.3 is 0 Å². The molecule has 0 aliphatic carbocycles. The lowest BCUT2D eigenvalue weighted by molar-refractivity contribution is -0.121. The number of hydrogen-bond acceptors (Lipinski definition) is 5. The van der Waals surface area contributed by atoms with E-state index in [4.69, 9.17) is 10.5 Å². The number of primary amides is 1. The molecule has 8 nitrogen and oxygen atoms in total. The average Bonchev–Trinajstić information content (AvgIpc) is 3.03. The molecule has 3 heterocycles. The smallest absolute Gasteiger partial charge is 0.260 e. The molecule has 0 radical (unpaired) electrons. The van der Waals surface area contributed by atoms with Gasteiger partial charge in [-0.05, 0) is 24.1 Å². The number of carbonyl (C=O) groups is 2. The van der Waals surface area contributed by atoms with Crippen molar-refractivity contribution in [3.8, 4) is 17.1 Å². The van der Waals surface area contributed by atoms with Crippen LogP contribution in [0.4, 0.5) is 14.6 Å². The van der Waals surface area contributed by atoms with E-state index >= 15 is 0 Å². The monoisotopic (exact) mass is 419 g/mol. The van der Waals surface area contributed by atoms with Crippen molar-refractivity contribution >= 4 is 17.6 Å². The number of alkyl halides is 2. The van der Waals surface area contributed by atoms with E-state index < -0.39 is 18.4 Å². The number of anilines is 1. The fourth-order valence-corrected chi connectivity index (χ4v) is 3.80. The van der Waals surface area contributed by atoms with Gasteiger partial charge in [0.25, 0.3) is 6.43 Å². The van der Waals surface area contributed by atoms with Gasteiger partial charge in [-0.15, -0.1) is 0 Å². The molecule has 1 fully saturated rings. The number of nitrogens with zero attached hydrogens (tertiary/aromatic N) is 3. The number of halogens is 2. The highest BCUT2D eigenvalue weighted by Gasteiger charge is 2.37. The fraction of sp³-hybridized carbons (Fsp3) is 0.450. The molecule has 1 aromatic carbocycles. The lowest BCUT2D eigenvalue weighted by atomic mass is 9.99. The SMILES string of the molecule is C[C@H](Cc1ccc2c(c1)OCCn1cc(N3C(=O)CNC[C@H]3C(F)F)nc1-2)C(N)=O. The summed E-state index contributed by atoms with van der Waals surface area (Å²) in [7, 11) is 0. The number of hydrogen-bond donors (Lipinski definition) is 2. The Balaban J connectivity index is 1.69. The minimum Gasteiger partial charge on any atom is -0.491 e. The van der Waals surface area contributed by atoms with E-state index in [9.17, 15) is 18.4 Å². The van der Waals surface area contributed by atoms with Gasteiger partial charge in [0.05, 0.1) is 18.7 Å². The zero-order chi connectivity index (χ0) is 21.4. The number of carbonyl (C=O) groups excluding carboxylic acids is 2. The summed E-state index contributed by atoms with van der Waals surface area (Å²) >= 11 is 0. The summed E-state index contributed by atoms with van der Waals surface area (Å²) in [6.45, 7) is 2.58. The quantitative estimate of drug-likeness (QED) is 0.758. The zero-order valence-corrected chi connectivity index (χ0v) is 16.5. The number of rotatable bonds is 5. The average molecular weight is 419 g/mol. The molecule has 0 saturated carbocycles. The van der Waals surface area contributed by atoms with Gasteiger partial charge in [0.15, 0.2) is 5.82 Å². The molecule has 2 amide bonds. The van der Waals surface area contributed by atoms with Crippen LogP contribution in [0.1, 0.15) is 12.5 Å². The molecule has 10 heteroatoms. The van der Waals surface area contributed by atoms with Gasteiger partial charge in [0.2, 0.25) is 11.8 Å². The van der Waals surface area contributed by atoms with Crippen molar-refractivity contribution in [2.24, 2.45) is 11.7 Å². The minimum absolute atomic E-state index is 0.00665. The Morgan fingerprint density at radius 2 is 2.23 bits per heavy atom. The van der Waals surface area contributed by atoms with Crippen molar-refractivity contribution in [3.63, 3.8) is 0 Å². The number of amides is 2. The van der Waals surface area contributed by atoms with E-state index in [2.05, 4.69) is 10.3 Å².